The first-order valence-corrected chi connectivity index (χ1v) is 32.2. The maximum atomic E-state index is 13.0. The van der Waals surface area contributed by atoms with Crippen molar-refractivity contribution in [3.63, 3.8) is 0 Å². The molecule has 97 heavy (non-hydrogen) atoms. The molecule has 0 N–H and O–H groups in total. The number of nitrogens with zero attached hydrogens (tertiary/aromatic N) is 13. The number of anilines is 5. The molecule has 3 saturated carbocycles. The van der Waals surface area contributed by atoms with Crippen molar-refractivity contribution >= 4 is 45.5 Å². The first-order chi connectivity index (χ1) is 46.3. The van der Waals surface area contributed by atoms with Gasteiger partial charge in [0.25, 0.3) is 17.1 Å². The third kappa shape index (κ3) is 24.7. The van der Waals surface area contributed by atoms with Crippen LogP contribution < -0.4 is 24.5 Å². The van der Waals surface area contributed by atoms with Crippen LogP contribution in [-0.4, -0.2) is 79.7 Å². The summed E-state index contributed by atoms with van der Waals surface area (Å²) in [4.78, 5) is 41.5. The molecular formula is C72H83F6N13O6. The summed E-state index contributed by atoms with van der Waals surface area (Å²) in [6.45, 7) is 25.8. The zero-order valence-corrected chi connectivity index (χ0v) is 55.3. The van der Waals surface area contributed by atoms with E-state index in [1.807, 2.05) is 42.2 Å². The van der Waals surface area contributed by atoms with Crippen molar-refractivity contribution in [2.24, 2.45) is 11.8 Å². The highest BCUT2D eigenvalue weighted by atomic mass is 19.4. The molecule has 0 unspecified atom stereocenters. The van der Waals surface area contributed by atoms with E-state index < -0.39 is 38.2 Å². The highest BCUT2D eigenvalue weighted by Gasteiger charge is 2.36. The predicted octanol–water partition coefficient (Wildman–Crippen LogP) is 17.9. The first-order valence-electron chi connectivity index (χ1n) is 32.2. The Morgan fingerprint density at radius 3 is 1.15 bits per heavy atom. The number of benzene rings is 5. The van der Waals surface area contributed by atoms with Crippen molar-refractivity contribution in [2.45, 2.75) is 130 Å². The van der Waals surface area contributed by atoms with Gasteiger partial charge in [-0.05, 0) is 149 Å². The summed E-state index contributed by atoms with van der Waals surface area (Å²) in [7, 11) is 0. The van der Waals surface area contributed by atoms with Crippen LogP contribution in [0.1, 0.15) is 150 Å². The second kappa shape index (κ2) is 39.4. The number of nitro benzene ring substituents is 3. The van der Waals surface area contributed by atoms with Crippen LogP contribution >= 0.6 is 0 Å². The molecule has 19 nitrogen and oxygen atoms in total. The molecule has 0 spiro atoms. The van der Waals surface area contributed by atoms with Gasteiger partial charge in [0.05, 0.1) is 49.2 Å². The third-order valence-corrected chi connectivity index (χ3v) is 15.9. The van der Waals surface area contributed by atoms with Gasteiger partial charge in [-0.1, -0.05) is 65.2 Å². The summed E-state index contributed by atoms with van der Waals surface area (Å²) >= 11 is 0. The SMILES string of the molecule is C=CCN(CC=C)c1ccc(C#N)c(C(F)(F)F)c1.C=CCN(c1ccc([N+](=O)[O-])c(C#N)c1)C1CCCC1.CCCCN(CCC)c1ccc(C#N)c([N+](=O)[O-])c1.CCCN(CC1CC1)c1ccc(C#N)c(C(F)(F)F)c1.CCCN(CC1CC1)c1ccc(C#N)c([N+](=O)[O-])c1. The van der Waals surface area contributed by atoms with Crippen LogP contribution in [0.4, 0.5) is 71.8 Å². The molecule has 514 valence electrons. The minimum atomic E-state index is -4.55. The largest absolute Gasteiger partial charge is 0.417 e. The Morgan fingerprint density at radius 1 is 0.443 bits per heavy atom. The number of hydrogen-bond donors (Lipinski definition) is 0. The van der Waals surface area contributed by atoms with Crippen LogP contribution in [0, 0.1) is 98.8 Å². The summed E-state index contributed by atoms with van der Waals surface area (Å²) in [5, 5.41) is 77.2. The van der Waals surface area contributed by atoms with Gasteiger partial charge in [0.2, 0.25) is 0 Å². The van der Waals surface area contributed by atoms with Crippen molar-refractivity contribution in [1.82, 2.24) is 0 Å². The molecule has 0 aliphatic heterocycles. The van der Waals surface area contributed by atoms with Gasteiger partial charge in [-0.2, -0.15) is 52.7 Å². The van der Waals surface area contributed by atoms with Gasteiger partial charge in [0.1, 0.15) is 34.9 Å². The fraction of sp³-hybridized carbons (Fsp3) is 0.431. The number of halogens is 6. The average Bonchev–Trinajstić information content (AvgIpc) is 1.80. The van der Waals surface area contributed by atoms with Crippen LogP contribution in [0.5, 0.6) is 0 Å². The maximum Gasteiger partial charge on any atom is 0.417 e. The molecule has 5 aromatic rings. The highest BCUT2D eigenvalue weighted by molar-refractivity contribution is 5.63. The lowest BCUT2D eigenvalue weighted by Gasteiger charge is -2.30. The Balaban J connectivity index is 0.000000258. The first kappa shape index (κ1) is 79.0. The minimum absolute atomic E-state index is 0.100. The zero-order valence-electron chi connectivity index (χ0n) is 55.3. The number of hydrogen-bond acceptors (Lipinski definition) is 16. The topological polar surface area (TPSA) is 265 Å². The van der Waals surface area contributed by atoms with Crippen LogP contribution in [0.25, 0.3) is 0 Å². The van der Waals surface area contributed by atoms with Gasteiger partial charge in [0.15, 0.2) is 0 Å². The van der Waals surface area contributed by atoms with E-state index in [2.05, 4.69) is 55.2 Å². The summed E-state index contributed by atoms with van der Waals surface area (Å²) in [5.74, 6) is 1.33. The molecule has 25 heteroatoms. The number of nitriles is 5. The predicted molar refractivity (Wildman–Crippen MR) is 366 cm³/mol. The molecule has 3 aliphatic rings. The maximum absolute atomic E-state index is 13.0. The summed E-state index contributed by atoms with van der Waals surface area (Å²) in [6, 6.07) is 31.3. The number of alkyl halides is 6. The van der Waals surface area contributed by atoms with E-state index in [0.29, 0.717) is 43.0 Å². The van der Waals surface area contributed by atoms with Crippen LogP contribution in [0.15, 0.2) is 129 Å². The van der Waals surface area contributed by atoms with Gasteiger partial charge in [-0.15, -0.1) is 19.7 Å². The fourth-order valence-corrected chi connectivity index (χ4v) is 10.8. The van der Waals surface area contributed by atoms with E-state index in [4.69, 9.17) is 26.3 Å². The van der Waals surface area contributed by atoms with E-state index in [-0.39, 0.29) is 44.9 Å². The fourth-order valence-electron chi connectivity index (χ4n) is 10.8. The highest BCUT2D eigenvalue weighted by Crippen LogP contribution is 2.39. The summed E-state index contributed by atoms with van der Waals surface area (Å²) in [6.07, 6.45) is 10.4. The Hall–Kier alpha value is -10.5. The molecular weight excluding hydrogens is 1260 g/mol. The monoisotopic (exact) mass is 1340 g/mol. The molecule has 5 aromatic carbocycles. The lowest BCUT2D eigenvalue weighted by atomic mass is 10.1. The van der Waals surface area contributed by atoms with E-state index in [0.717, 1.165) is 132 Å². The van der Waals surface area contributed by atoms with Gasteiger partial charge in [0, 0.05) is 112 Å². The van der Waals surface area contributed by atoms with Crippen LogP contribution in [0.2, 0.25) is 0 Å². The quantitative estimate of drug-likeness (QED) is 0.0195. The molecule has 0 radical (unpaired) electrons. The molecule has 3 aliphatic carbocycles. The molecule has 0 aromatic heterocycles. The molecule has 0 bridgehead atoms. The van der Waals surface area contributed by atoms with Crippen LogP contribution in [-0.2, 0) is 12.4 Å². The Kier molecular flexibility index (Phi) is 32.1. The molecule has 0 heterocycles. The Bertz CT molecular complexity index is 3690. The van der Waals surface area contributed by atoms with Crippen molar-refractivity contribution in [1.29, 1.82) is 26.3 Å². The van der Waals surface area contributed by atoms with E-state index in [1.165, 1.54) is 68.1 Å². The normalized spacial score (nSPS) is 12.9. The Morgan fingerprint density at radius 2 is 0.804 bits per heavy atom. The molecule has 0 saturated heterocycles. The average molecular weight is 1340 g/mol. The smallest absolute Gasteiger partial charge is 0.371 e. The number of unbranched alkanes of at least 4 members (excludes halogenated alkanes) is 1. The Labute approximate surface area is 564 Å². The molecule has 0 amide bonds. The number of rotatable bonds is 28. The summed E-state index contributed by atoms with van der Waals surface area (Å²) < 4.78 is 77.4. The third-order valence-electron chi connectivity index (χ3n) is 15.9. The minimum Gasteiger partial charge on any atom is -0.371 e. The van der Waals surface area contributed by atoms with Crippen LogP contribution in [0.3, 0.4) is 0 Å². The second-order valence-electron chi connectivity index (χ2n) is 23.4. The lowest BCUT2D eigenvalue weighted by Crippen LogP contribution is -2.33. The van der Waals surface area contributed by atoms with Gasteiger partial charge >= 0.3 is 12.4 Å². The van der Waals surface area contributed by atoms with Gasteiger partial charge < -0.3 is 24.5 Å². The molecule has 8 rings (SSSR count). The zero-order chi connectivity index (χ0) is 71.8. The van der Waals surface area contributed by atoms with Crippen molar-refractivity contribution in [3.8, 4) is 30.3 Å². The lowest BCUT2D eigenvalue weighted by molar-refractivity contribution is -0.385. The van der Waals surface area contributed by atoms with Crippen molar-refractivity contribution in [2.75, 3.05) is 83.4 Å². The number of nitro groups is 3. The van der Waals surface area contributed by atoms with E-state index in [1.54, 1.807) is 59.5 Å². The van der Waals surface area contributed by atoms with Crippen molar-refractivity contribution in [3.05, 3.63) is 198 Å². The van der Waals surface area contributed by atoms with E-state index in [9.17, 15) is 56.7 Å². The second-order valence-corrected chi connectivity index (χ2v) is 23.4. The van der Waals surface area contributed by atoms with Crippen molar-refractivity contribution < 1.29 is 41.1 Å². The van der Waals surface area contributed by atoms with Gasteiger partial charge in [-0.3, -0.25) is 30.3 Å². The summed E-state index contributed by atoms with van der Waals surface area (Å²) in [5.41, 5.74) is 1.00. The van der Waals surface area contributed by atoms with E-state index >= 15 is 0 Å². The molecule has 3 fully saturated rings. The standard InChI is InChI=1S/C15H17F3N2.C15H17N3O2.C14H13F3N2.C14H17N3O2.C14H19N3O2/c1-2-7-20(10-11-3-4-11)13-6-5-12(9-19)14(8-13)15(16,17)18;1-2-9-17(13-5-3-4-6-13)14-7-8-15(18(19)20)12(10-14)11-16;1-3-7-19(8-4-2)12-6-5-11(10-18)13(9-12)14(15,16)17;1-2-7-16(10-11-3-4-11)13-6-5-12(9-15)14(8-13)17(18)19;1-3-5-9-16(8-4-2)13-7-6-12(11-15)14(10-13)17(18)19/h5-6,8,11H,2-4,7,10H2,1H3;2,7-8,10,13H,1,3-6,9H2;3-6,9H,1-2,7-8H2;5-6,8,11H,2-4,7,10H2,1H3;6-7,10H,3-5,8-9H2,1-2H3. The molecule has 0 atom stereocenters. The van der Waals surface area contributed by atoms with Gasteiger partial charge in [-0.25, -0.2) is 0 Å².